The molecule has 0 bridgehead atoms. The molecule has 1 amide bonds. The van der Waals surface area contributed by atoms with Crippen molar-refractivity contribution >= 4 is 15.7 Å². The van der Waals surface area contributed by atoms with E-state index in [4.69, 9.17) is 5.73 Å². The van der Waals surface area contributed by atoms with Crippen molar-refractivity contribution in [3.05, 3.63) is 0 Å². The van der Waals surface area contributed by atoms with Crippen LogP contribution in [0.15, 0.2) is 0 Å². The quantitative estimate of drug-likeness (QED) is 0.711. The van der Waals surface area contributed by atoms with Crippen molar-refractivity contribution in [2.45, 2.75) is 44.6 Å². The van der Waals surface area contributed by atoms with E-state index in [0.29, 0.717) is 12.3 Å². The van der Waals surface area contributed by atoms with E-state index in [2.05, 4.69) is 5.32 Å². The van der Waals surface area contributed by atoms with Gasteiger partial charge in [-0.3, -0.25) is 4.79 Å². The van der Waals surface area contributed by atoms with Gasteiger partial charge in [0.15, 0.2) is 9.84 Å². The van der Waals surface area contributed by atoms with E-state index in [1.54, 1.807) is 0 Å². The van der Waals surface area contributed by atoms with Crippen LogP contribution in [0.1, 0.15) is 38.5 Å². The molecule has 0 aliphatic heterocycles. The molecule has 0 spiro atoms. The summed E-state index contributed by atoms with van der Waals surface area (Å²) in [5, 5.41) is 2.71. The fourth-order valence-electron chi connectivity index (χ4n) is 2.70. The summed E-state index contributed by atoms with van der Waals surface area (Å²) in [5.41, 5.74) is 5.91. The van der Waals surface area contributed by atoms with Gasteiger partial charge in [-0.1, -0.05) is 6.42 Å². The van der Waals surface area contributed by atoms with Crippen molar-refractivity contribution < 1.29 is 13.2 Å². The lowest BCUT2D eigenvalue weighted by Gasteiger charge is -2.14. The zero-order valence-electron chi connectivity index (χ0n) is 11.3. The Labute approximate surface area is 115 Å². The van der Waals surface area contributed by atoms with Gasteiger partial charge in [0, 0.05) is 19.0 Å². The zero-order valence-corrected chi connectivity index (χ0v) is 12.1. The molecule has 6 heteroatoms. The van der Waals surface area contributed by atoms with Gasteiger partial charge in [0.25, 0.3) is 0 Å². The normalized spacial score (nSPS) is 27.4. The van der Waals surface area contributed by atoms with Gasteiger partial charge in [0.1, 0.15) is 0 Å². The lowest BCUT2D eigenvalue weighted by atomic mass is 10.00. The summed E-state index contributed by atoms with van der Waals surface area (Å²) < 4.78 is 23.4. The topological polar surface area (TPSA) is 89.3 Å². The van der Waals surface area contributed by atoms with Crippen LogP contribution in [0.25, 0.3) is 0 Å². The van der Waals surface area contributed by atoms with Crippen molar-refractivity contribution in [3.8, 4) is 0 Å². The summed E-state index contributed by atoms with van der Waals surface area (Å²) in [7, 11) is -2.99. The molecule has 0 heterocycles. The fraction of sp³-hybridized carbons (Fsp3) is 0.923. The summed E-state index contributed by atoms with van der Waals surface area (Å²) in [5.74, 6) is 0.923. The molecule has 0 aromatic rings. The molecular weight excluding hydrogens is 264 g/mol. The number of amides is 1. The summed E-state index contributed by atoms with van der Waals surface area (Å²) >= 11 is 0. The molecule has 2 rings (SSSR count). The lowest BCUT2D eigenvalue weighted by Crippen LogP contribution is -2.34. The minimum atomic E-state index is -2.99. The summed E-state index contributed by atoms with van der Waals surface area (Å²) in [6, 6.07) is 0.129. The first-order valence-electron chi connectivity index (χ1n) is 7.19. The molecule has 0 radical (unpaired) electrons. The minimum absolute atomic E-state index is 0.0615. The first kappa shape index (κ1) is 14.8. The second kappa shape index (κ2) is 6.22. The molecule has 2 aliphatic carbocycles. The van der Waals surface area contributed by atoms with Crippen molar-refractivity contribution in [1.29, 1.82) is 0 Å². The standard InChI is InChI=1S/C13H24N2O3S/c14-12-3-1-2-11(12)8-13(16)15-6-7-19(17,18)9-10-4-5-10/h10-12H,1-9,14H2,(H,15,16)/t11-,12+/m0/s1. The highest BCUT2D eigenvalue weighted by atomic mass is 32.2. The SMILES string of the molecule is N[C@@H]1CCC[C@H]1CC(=O)NCCS(=O)(=O)CC1CC1. The van der Waals surface area contributed by atoms with Crippen LogP contribution in [0.2, 0.25) is 0 Å². The maximum atomic E-state index is 11.7. The summed E-state index contributed by atoms with van der Waals surface area (Å²) in [4.78, 5) is 11.7. The third-order valence-electron chi connectivity index (χ3n) is 4.09. The second-order valence-corrected chi connectivity index (χ2v) is 8.20. The molecule has 19 heavy (non-hydrogen) atoms. The van der Waals surface area contributed by atoms with Gasteiger partial charge < -0.3 is 11.1 Å². The highest BCUT2D eigenvalue weighted by Crippen LogP contribution is 2.30. The lowest BCUT2D eigenvalue weighted by molar-refractivity contribution is -0.121. The maximum absolute atomic E-state index is 11.7. The largest absolute Gasteiger partial charge is 0.355 e. The molecule has 5 nitrogen and oxygen atoms in total. The average molecular weight is 288 g/mol. The average Bonchev–Trinajstić information content (AvgIpc) is 3.01. The summed E-state index contributed by atoms with van der Waals surface area (Å²) in [6.07, 6.45) is 5.59. The first-order chi connectivity index (χ1) is 8.96. The van der Waals surface area contributed by atoms with Gasteiger partial charge in [-0.2, -0.15) is 0 Å². The molecule has 0 aromatic heterocycles. The van der Waals surface area contributed by atoms with Crippen LogP contribution in [0.3, 0.4) is 0 Å². The molecule has 2 saturated carbocycles. The highest BCUT2D eigenvalue weighted by Gasteiger charge is 2.28. The molecular formula is C13H24N2O3S. The predicted molar refractivity (Wildman–Crippen MR) is 74.3 cm³/mol. The van der Waals surface area contributed by atoms with Crippen LogP contribution < -0.4 is 11.1 Å². The van der Waals surface area contributed by atoms with Gasteiger partial charge in [-0.15, -0.1) is 0 Å². The Morgan fingerprint density at radius 1 is 1.21 bits per heavy atom. The number of nitrogens with two attached hydrogens (primary N) is 1. The number of carbonyl (C=O) groups excluding carboxylic acids is 1. The predicted octanol–water partition coefficient (Wildman–Crippen LogP) is 0.445. The van der Waals surface area contributed by atoms with Gasteiger partial charge in [0.2, 0.25) is 5.91 Å². The van der Waals surface area contributed by atoms with E-state index in [0.717, 1.165) is 32.1 Å². The molecule has 0 unspecified atom stereocenters. The number of rotatable bonds is 7. The number of sulfone groups is 1. The Balaban J connectivity index is 1.63. The highest BCUT2D eigenvalue weighted by molar-refractivity contribution is 7.91. The van der Waals surface area contributed by atoms with Crippen molar-refractivity contribution in [3.63, 3.8) is 0 Å². The molecule has 2 fully saturated rings. The second-order valence-electron chi connectivity index (χ2n) is 5.97. The maximum Gasteiger partial charge on any atom is 0.220 e. The van der Waals surface area contributed by atoms with Gasteiger partial charge in [0.05, 0.1) is 11.5 Å². The van der Waals surface area contributed by atoms with E-state index in [1.165, 1.54) is 0 Å². The van der Waals surface area contributed by atoms with E-state index >= 15 is 0 Å². The molecule has 110 valence electrons. The Morgan fingerprint density at radius 3 is 2.53 bits per heavy atom. The van der Waals surface area contributed by atoms with Crippen LogP contribution in [0.4, 0.5) is 0 Å². The molecule has 0 saturated heterocycles. The molecule has 2 atom stereocenters. The van der Waals surface area contributed by atoms with Gasteiger partial charge in [-0.25, -0.2) is 8.42 Å². The van der Waals surface area contributed by atoms with Crippen LogP contribution in [-0.2, 0) is 14.6 Å². The molecule has 0 aromatic carbocycles. The van der Waals surface area contributed by atoms with E-state index in [1.807, 2.05) is 0 Å². The monoisotopic (exact) mass is 288 g/mol. The van der Waals surface area contributed by atoms with Crippen LogP contribution in [-0.4, -0.2) is 38.4 Å². The first-order valence-corrected chi connectivity index (χ1v) is 9.01. The van der Waals surface area contributed by atoms with Gasteiger partial charge in [-0.05, 0) is 37.5 Å². The van der Waals surface area contributed by atoms with Crippen LogP contribution >= 0.6 is 0 Å². The minimum Gasteiger partial charge on any atom is -0.355 e. The zero-order chi connectivity index (χ0) is 13.9. The number of hydrogen-bond donors (Lipinski definition) is 2. The number of hydrogen-bond acceptors (Lipinski definition) is 4. The smallest absolute Gasteiger partial charge is 0.220 e. The van der Waals surface area contributed by atoms with Crippen molar-refractivity contribution in [1.82, 2.24) is 5.32 Å². The Morgan fingerprint density at radius 2 is 1.95 bits per heavy atom. The van der Waals surface area contributed by atoms with Gasteiger partial charge >= 0.3 is 0 Å². The van der Waals surface area contributed by atoms with E-state index in [9.17, 15) is 13.2 Å². The van der Waals surface area contributed by atoms with Crippen molar-refractivity contribution in [2.75, 3.05) is 18.1 Å². The van der Waals surface area contributed by atoms with E-state index in [-0.39, 0.29) is 35.9 Å². The Hall–Kier alpha value is -0.620. The third kappa shape index (κ3) is 5.10. The number of carbonyl (C=O) groups is 1. The van der Waals surface area contributed by atoms with Crippen molar-refractivity contribution in [2.24, 2.45) is 17.6 Å². The molecule has 2 aliphatic rings. The molecule has 3 N–H and O–H groups in total. The third-order valence-corrected chi connectivity index (χ3v) is 5.89. The number of nitrogens with one attached hydrogen (secondary N) is 1. The Bertz CT molecular complexity index is 418. The van der Waals surface area contributed by atoms with Crippen LogP contribution in [0.5, 0.6) is 0 Å². The summed E-state index contributed by atoms with van der Waals surface area (Å²) in [6.45, 7) is 0.232. The Kier molecular flexibility index (Phi) is 4.84. The van der Waals surface area contributed by atoms with E-state index < -0.39 is 9.84 Å². The van der Waals surface area contributed by atoms with Crippen LogP contribution in [0, 0.1) is 11.8 Å². The fourth-order valence-corrected chi connectivity index (χ4v) is 4.33.